The molecule has 1 aliphatic rings. The average molecular weight is 186 g/mol. The minimum absolute atomic E-state index is 0.122. The van der Waals surface area contributed by atoms with Crippen molar-refractivity contribution in [1.82, 2.24) is 0 Å². The Labute approximate surface area is 81.3 Å². The number of ether oxygens (including phenoxy) is 1. The molecular formula is C11H22O2. The summed E-state index contributed by atoms with van der Waals surface area (Å²) in [6.45, 7) is 4.33. The summed E-state index contributed by atoms with van der Waals surface area (Å²) in [5, 5.41) is 9.58. The minimum atomic E-state index is -0.203. The van der Waals surface area contributed by atoms with Crippen molar-refractivity contribution >= 4 is 0 Å². The van der Waals surface area contributed by atoms with Gasteiger partial charge in [-0.3, -0.25) is 0 Å². The lowest BCUT2D eigenvalue weighted by molar-refractivity contribution is -0.0655. The molecule has 2 heteroatoms. The molecule has 0 aromatic heterocycles. The Kier molecular flexibility index (Phi) is 4.74. The Morgan fingerprint density at radius 2 is 2.15 bits per heavy atom. The Bertz CT molecular complexity index is 136. The van der Waals surface area contributed by atoms with E-state index in [0.717, 1.165) is 32.1 Å². The van der Waals surface area contributed by atoms with Crippen LogP contribution in [0.3, 0.4) is 0 Å². The van der Waals surface area contributed by atoms with E-state index in [1.165, 1.54) is 6.42 Å². The van der Waals surface area contributed by atoms with Crippen LogP contribution in [-0.4, -0.2) is 23.4 Å². The third-order valence-electron chi connectivity index (χ3n) is 2.85. The monoisotopic (exact) mass is 186 g/mol. The van der Waals surface area contributed by atoms with E-state index in [9.17, 15) is 5.11 Å². The molecule has 78 valence electrons. The first-order chi connectivity index (χ1) is 6.27. The summed E-state index contributed by atoms with van der Waals surface area (Å²) >= 11 is 0. The zero-order chi connectivity index (χ0) is 9.68. The van der Waals surface area contributed by atoms with Gasteiger partial charge in [0.25, 0.3) is 0 Å². The number of hydrogen-bond donors (Lipinski definition) is 1. The van der Waals surface area contributed by atoms with Crippen LogP contribution in [0.1, 0.15) is 52.4 Å². The van der Waals surface area contributed by atoms with E-state index >= 15 is 0 Å². The third kappa shape index (κ3) is 3.28. The first kappa shape index (κ1) is 11.0. The number of hydrogen-bond acceptors (Lipinski definition) is 2. The Morgan fingerprint density at radius 3 is 2.62 bits per heavy atom. The first-order valence-corrected chi connectivity index (χ1v) is 5.61. The zero-order valence-corrected chi connectivity index (χ0v) is 8.83. The molecule has 0 spiro atoms. The molecule has 0 amide bonds. The molecule has 3 atom stereocenters. The molecule has 0 aromatic rings. The number of aliphatic hydroxyl groups is 1. The van der Waals surface area contributed by atoms with Crippen LogP contribution >= 0.6 is 0 Å². The van der Waals surface area contributed by atoms with E-state index in [4.69, 9.17) is 4.74 Å². The van der Waals surface area contributed by atoms with E-state index in [1.54, 1.807) is 0 Å². The molecule has 0 bridgehead atoms. The highest BCUT2D eigenvalue weighted by Gasteiger charge is 2.27. The molecule has 2 nitrogen and oxygen atoms in total. The minimum Gasteiger partial charge on any atom is -0.390 e. The lowest BCUT2D eigenvalue weighted by Crippen LogP contribution is -2.28. The van der Waals surface area contributed by atoms with Gasteiger partial charge in [-0.25, -0.2) is 0 Å². The fraction of sp³-hybridized carbons (Fsp3) is 1.00. The van der Waals surface area contributed by atoms with Gasteiger partial charge in [-0.05, 0) is 32.1 Å². The van der Waals surface area contributed by atoms with E-state index in [0.29, 0.717) is 6.10 Å². The molecule has 0 aliphatic heterocycles. The highest BCUT2D eigenvalue weighted by Crippen LogP contribution is 2.24. The van der Waals surface area contributed by atoms with Gasteiger partial charge in [0.15, 0.2) is 0 Å². The van der Waals surface area contributed by atoms with Crippen LogP contribution in [0.25, 0.3) is 0 Å². The number of rotatable bonds is 5. The molecule has 0 heterocycles. The van der Waals surface area contributed by atoms with Gasteiger partial charge in [-0.15, -0.1) is 0 Å². The molecule has 1 fully saturated rings. The molecule has 13 heavy (non-hydrogen) atoms. The van der Waals surface area contributed by atoms with Crippen molar-refractivity contribution in [1.29, 1.82) is 0 Å². The van der Waals surface area contributed by atoms with Crippen molar-refractivity contribution in [3.05, 3.63) is 0 Å². The predicted molar refractivity (Wildman–Crippen MR) is 53.7 cm³/mol. The molecular weight excluding hydrogens is 164 g/mol. The van der Waals surface area contributed by atoms with Crippen LogP contribution in [-0.2, 0) is 4.74 Å². The molecule has 0 saturated heterocycles. The third-order valence-corrected chi connectivity index (χ3v) is 2.85. The average Bonchev–Trinajstić information content (AvgIpc) is 2.51. The van der Waals surface area contributed by atoms with E-state index < -0.39 is 0 Å². The smallest absolute Gasteiger partial charge is 0.0837 e. The van der Waals surface area contributed by atoms with Crippen LogP contribution in [0.2, 0.25) is 0 Å². The van der Waals surface area contributed by atoms with Crippen LogP contribution in [0.4, 0.5) is 0 Å². The summed E-state index contributed by atoms with van der Waals surface area (Å²) in [7, 11) is 0. The van der Waals surface area contributed by atoms with Gasteiger partial charge in [0, 0.05) is 0 Å². The second-order valence-corrected chi connectivity index (χ2v) is 3.99. The van der Waals surface area contributed by atoms with Crippen molar-refractivity contribution in [2.24, 2.45) is 0 Å². The summed E-state index contributed by atoms with van der Waals surface area (Å²) in [6.07, 6.45) is 6.73. The maximum atomic E-state index is 9.58. The van der Waals surface area contributed by atoms with Crippen LogP contribution in [0.5, 0.6) is 0 Å². The summed E-state index contributed by atoms with van der Waals surface area (Å²) < 4.78 is 5.86. The Balaban J connectivity index is 2.27. The highest BCUT2D eigenvalue weighted by molar-refractivity contribution is 4.78. The predicted octanol–water partition coefficient (Wildman–Crippen LogP) is 2.50. The first-order valence-electron chi connectivity index (χ1n) is 5.61. The summed E-state index contributed by atoms with van der Waals surface area (Å²) in [5.41, 5.74) is 0. The van der Waals surface area contributed by atoms with Crippen LogP contribution < -0.4 is 0 Å². The molecule has 0 radical (unpaired) electrons. The van der Waals surface area contributed by atoms with E-state index in [-0.39, 0.29) is 12.2 Å². The van der Waals surface area contributed by atoms with E-state index in [2.05, 4.69) is 13.8 Å². The lowest BCUT2D eigenvalue weighted by Gasteiger charge is -2.22. The quantitative estimate of drug-likeness (QED) is 0.715. The van der Waals surface area contributed by atoms with Gasteiger partial charge in [-0.1, -0.05) is 20.3 Å². The van der Waals surface area contributed by atoms with Gasteiger partial charge < -0.3 is 9.84 Å². The van der Waals surface area contributed by atoms with Crippen LogP contribution in [0.15, 0.2) is 0 Å². The van der Waals surface area contributed by atoms with Crippen molar-refractivity contribution in [2.45, 2.75) is 70.7 Å². The summed E-state index contributed by atoms with van der Waals surface area (Å²) in [5.74, 6) is 0. The molecule has 1 rings (SSSR count). The Hall–Kier alpha value is -0.0800. The highest BCUT2D eigenvalue weighted by atomic mass is 16.5. The second-order valence-electron chi connectivity index (χ2n) is 3.99. The summed E-state index contributed by atoms with van der Waals surface area (Å²) in [4.78, 5) is 0. The normalized spacial score (nSPS) is 30.7. The maximum Gasteiger partial charge on any atom is 0.0837 e. The molecule has 1 aliphatic carbocycles. The molecule has 3 unspecified atom stereocenters. The van der Waals surface area contributed by atoms with Gasteiger partial charge >= 0.3 is 0 Å². The van der Waals surface area contributed by atoms with Gasteiger partial charge in [0.2, 0.25) is 0 Å². The van der Waals surface area contributed by atoms with Gasteiger partial charge in [0.05, 0.1) is 18.3 Å². The Morgan fingerprint density at radius 1 is 1.38 bits per heavy atom. The van der Waals surface area contributed by atoms with Gasteiger partial charge in [0.1, 0.15) is 0 Å². The topological polar surface area (TPSA) is 29.5 Å². The zero-order valence-electron chi connectivity index (χ0n) is 8.83. The van der Waals surface area contributed by atoms with Gasteiger partial charge in [-0.2, -0.15) is 0 Å². The maximum absolute atomic E-state index is 9.58. The largest absolute Gasteiger partial charge is 0.390 e. The van der Waals surface area contributed by atoms with Crippen LogP contribution in [0, 0.1) is 0 Å². The van der Waals surface area contributed by atoms with Crippen molar-refractivity contribution < 1.29 is 9.84 Å². The summed E-state index contributed by atoms with van der Waals surface area (Å²) in [6, 6.07) is 0. The van der Waals surface area contributed by atoms with Crippen molar-refractivity contribution in [2.75, 3.05) is 0 Å². The second kappa shape index (κ2) is 5.61. The number of aliphatic hydroxyl groups excluding tert-OH is 1. The standard InChI is InChI=1S/C11H22O2/c1-3-6-9(4-2)13-11-8-5-7-10(11)12/h9-12H,3-8H2,1-2H3. The molecule has 1 N–H and O–H groups in total. The van der Waals surface area contributed by atoms with E-state index in [1.807, 2.05) is 0 Å². The molecule has 0 aromatic carbocycles. The fourth-order valence-corrected chi connectivity index (χ4v) is 2.00. The fourth-order valence-electron chi connectivity index (χ4n) is 2.00. The molecule has 1 saturated carbocycles. The van der Waals surface area contributed by atoms with Crippen molar-refractivity contribution in [3.63, 3.8) is 0 Å². The SMILES string of the molecule is CCCC(CC)OC1CCCC1O. The lowest BCUT2D eigenvalue weighted by atomic mass is 10.1. The van der Waals surface area contributed by atoms with Crippen molar-refractivity contribution in [3.8, 4) is 0 Å².